The second kappa shape index (κ2) is 4.62. The summed E-state index contributed by atoms with van der Waals surface area (Å²) in [5.41, 5.74) is 1.80. The maximum absolute atomic E-state index is 5.93. The predicted octanol–water partition coefficient (Wildman–Crippen LogP) is 3.60. The van der Waals surface area contributed by atoms with E-state index in [1.54, 1.807) is 16.8 Å². The van der Waals surface area contributed by atoms with Gasteiger partial charge in [0.2, 0.25) is 0 Å². The van der Waals surface area contributed by atoms with Crippen LogP contribution in [0.5, 0.6) is 0 Å². The van der Waals surface area contributed by atoms with E-state index in [1.807, 2.05) is 13.1 Å². The number of hydrogen-bond donors (Lipinski definition) is 0. The molecule has 0 aliphatic rings. The van der Waals surface area contributed by atoms with Gasteiger partial charge in [-0.3, -0.25) is 0 Å². The Balaban J connectivity index is 2.28. The van der Waals surface area contributed by atoms with Crippen molar-refractivity contribution in [1.82, 2.24) is 15.0 Å². The summed E-state index contributed by atoms with van der Waals surface area (Å²) < 4.78 is 1.71. The molecule has 3 nitrogen and oxygen atoms in total. The molecule has 6 heteroatoms. The third kappa shape index (κ3) is 2.48. The summed E-state index contributed by atoms with van der Waals surface area (Å²) in [4.78, 5) is 0. The summed E-state index contributed by atoms with van der Waals surface area (Å²) in [6.45, 7) is 2.45. The molecule has 0 atom stereocenters. The van der Waals surface area contributed by atoms with Crippen molar-refractivity contribution in [3.8, 4) is 0 Å². The minimum atomic E-state index is 0.377. The van der Waals surface area contributed by atoms with Gasteiger partial charge in [0.15, 0.2) is 0 Å². The zero-order valence-corrected chi connectivity index (χ0v) is 10.7. The summed E-state index contributed by atoms with van der Waals surface area (Å²) in [5, 5.41) is 9.10. The van der Waals surface area contributed by atoms with Gasteiger partial charge in [-0.25, -0.2) is 4.68 Å². The third-order valence-electron chi connectivity index (χ3n) is 2.04. The second-order valence-corrected chi connectivity index (χ2v) is 4.62. The molecular formula is C10H8Cl3N3. The number of aromatic nitrogens is 3. The van der Waals surface area contributed by atoms with Crippen molar-refractivity contribution in [2.24, 2.45) is 0 Å². The van der Waals surface area contributed by atoms with Crippen LogP contribution >= 0.6 is 34.8 Å². The number of aryl methyl sites for hydroxylation is 1. The topological polar surface area (TPSA) is 30.7 Å². The van der Waals surface area contributed by atoms with Gasteiger partial charge < -0.3 is 0 Å². The molecule has 84 valence electrons. The van der Waals surface area contributed by atoms with Crippen molar-refractivity contribution < 1.29 is 0 Å². The predicted molar refractivity (Wildman–Crippen MR) is 65.3 cm³/mol. The summed E-state index contributed by atoms with van der Waals surface area (Å²) in [6, 6.07) is 3.54. The molecule has 1 aromatic heterocycles. The molecule has 1 aromatic carbocycles. The molecule has 0 unspecified atom stereocenters. The number of nitrogens with zero attached hydrogens (tertiary/aromatic N) is 3. The first-order chi connectivity index (χ1) is 7.56. The van der Waals surface area contributed by atoms with Crippen LogP contribution in [0.4, 0.5) is 0 Å². The molecule has 0 saturated heterocycles. The molecule has 2 aromatic rings. The van der Waals surface area contributed by atoms with Gasteiger partial charge in [-0.15, -0.1) is 5.10 Å². The highest BCUT2D eigenvalue weighted by atomic mass is 35.5. The lowest BCUT2D eigenvalue weighted by Gasteiger charge is -2.05. The minimum absolute atomic E-state index is 0.377. The molecule has 2 rings (SSSR count). The summed E-state index contributed by atoms with van der Waals surface area (Å²) in [5.74, 6) is 0. The summed E-state index contributed by atoms with van der Waals surface area (Å²) in [6.07, 6.45) is 1.84. The smallest absolute Gasteiger partial charge is 0.0796 e. The Kier molecular flexibility index (Phi) is 3.38. The van der Waals surface area contributed by atoms with Gasteiger partial charge in [-0.05, 0) is 24.6 Å². The highest BCUT2D eigenvalue weighted by Crippen LogP contribution is 2.31. The fourth-order valence-electron chi connectivity index (χ4n) is 1.36. The Hall–Kier alpha value is -0.770. The standard InChI is InChI=1S/C10H8Cl3N3/c1-6-4-16(15-14-6)5-7-2-8(11)10(13)9(12)3-7/h2-4H,5H2,1H3. The molecule has 0 amide bonds. The van der Waals surface area contributed by atoms with Crippen LogP contribution in [0.15, 0.2) is 18.3 Å². The van der Waals surface area contributed by atoms with E-state index in [1.165, 1.54) is 0 Å². The van der Waals surface area contributed by atoms with Gasteiger partial charge >= 0.3 is 0 Å². The van der Waals surface area contributed by atoms with Gasteiger partial charge in [-0.2, -0.15) is 0 Å². The quantitative estimate of drug-likeness (QED) is 0.785. The van der Waals surface area contributed by atoms with Crippen molar-refractivity contribution in [1.29, 1.82) is 0 Å². The second-order valence-electron chi connectivity index (χ2n) is 3.43. The number of hydrogen-bond acceptors (Lipinski definition) is 2. The first kappa shape index (κ1) is 11.7. The molecule has 0 spiro atoms. The lowest BCUT2D eigenvalue weighted by Crippen LogP contribution is -2.00. The Bertz CT molecular complexity index is 499. The first-order valence-corrected chi connectivity index (χ1v) is 5.70. The van der Waals surface area contributed by atoms with Gasteiger partial charge in [-0.1, -0.05) is 40.0 Å². The zero-order valence-electron chi connectivity index (χ0n) is 8.41. The fraction of sp³-hybridized carbons (Fsp3) is 0.200. The highest BCUT2D eigenvalue weighted by molar-refractivity contribution is 6.48. The molecule has 0 N–H and O–H groups in total. The maximum atomic E-state index is 5.93. The average Bonchev–Trinajstić information content (AvgIpc) is 2.60. The van der Waals surface area contributed by atoms with Crippen molar-refractivity contribution in [2.75, 3.05) is 0 Å². The Morgan fingerprint density at radius 2 is 1.81 bits per heavy atom. The highest BCUT2D eigenvalue weighted by Gasteiger charge is 2.06. The molecular weight excluding hydrogens is 268 g/mol. The van der Waals surface area contributed by atoms with E-state index in [9.17, 15) is 0 Å². The lowest BCUT2D eigenvalue weighted by molar-refractivity contribution is 0.649. The Morgan fingerprint density at radius 1 is 1.19 bits per heavy atom. The van der Waals surface area contributed by atoms with Gasteiger partial charge in [0, 0.05) is 6.20 Å². The molecule has 0 saturated carbocycles. The van der Waals surface area contributed by atoms with E-state index in [2.05, 4.69) is 10.3 Å². The molecule has 0 bridgehead atoms. The van der Waals surface area contributed by atoms with Crippen molar-refractivity contribution in [2.45, 2.75) is 13.5 Å². The number of halogens is 3. The molecule has 16 heavy (non-hydrogen) atoms. The largest absolute Gasteiger partial charge is 0.248 e. The molecule has 0 radical (unpaired) electrons. The molecule has 0 aliphatic carbocycles. The van der Waals surface area contributed by atoms with E-state index in [0.717, 1.165) is 11.3 Å². The van der Waals surface area contributed by atoms with Crippen molar-refractivity contribution in [3.05, 3.63) is 44.7 Å². The van der Waals surface area contributed by atoms with Crippen LogP contribution in [0, 0.1) is 6.92 Å². The Labute approximate surface area is 108 Å². The van der Waals surface area contributed by atoms with E-state index in [0.29, 0.717) is 21.6 Å². The van der Waals surface area contributed by atoms with Gasteiger partial charge in [0.25, 0.3) is 0 Å². The van der Waals surface area contributed by atoms with Crippen LogP contribution in [0.2, 0.25) is 15.1 Å². The Morgan fingerprint density at radius 3 is 2.31 bits per heavy atom. The number of rotatable bonds is 2. The van der Waals surface area contributed by atoms with Crippen LogP contribution in [0.25, 0.3) is 0 Å². The monoisotopic (exact) mass is 275 g/mol. The lowest BCUT2D eigenvalue weighted by atomic mass is 10.2. The minimum Gasteiger partial charge on any atom is -0.248 e. The maximum Gasteiger partial charge on any atom is 0.0796 e. The van der Waals surface area contributed by atoms with Crippen LogP contribution in [0.3, 0.4) is 0 Å². The van der Waals surface area contributed by atoms with Crippen LogP contribution in [-0.2, 0) is 6.54 Å². The summed E-state index contributed by atoms with van der Waals surface area (Å²) >= 11 is 17.7. The molecule has 0 aliphatic heterocycles. The zero-order chi connectivity index (χ0) is 11.7. The van der Waals surface area contributed by atoms with E-state index in [-0.39, 0.29) is 0 Å². The van der Waals surface area contributed by atoms with Crippen LogP contribution in [0.1, 0.15) is 11.3 Å². The first-order valence-electron chi connectivity index (χ1n) is 4.56. The molecule has 0 fully saturated rings. The van der Waals surface area contributed by atoms with Crippen LogP contribution < -0.4 is 0 Å². The normalized spacial score (nSPS) is 10.8. The van der Waals surface area contributed by atoms with Crippen molar-refractivity contribution >= 4 is 34.8 Å². The number of benzene rings is 1. The van der Waals surface area contributed by atoms with E-state index in [4.69, 9.17) is 34.8 Å². The van der Waals surface area contributed by atoms with Crippen molar-refractivity contribution in [3.63, 3.8) is 0 Å². The molecule has 1 heterocycles. The SMILES string of the molecule is Cc1cn(Cc2cc(Cl)c(Cl)c(Cl)c2)nn1. The van der Waals surface area contributed by atoms with Gasteiger partial charge in [0.05, 0.1) is 27.3 Å². The van der Waals surface area contributed by atoms with E-state index < -0.39 is 0 Å². The van der Waals surface area contributed by atoms with E-state index >= 15 is 0 Å². The average molecular weight is 277 g/mol. The van der Waals surface area contributed by atoms with Gasteiger partial charge in [0.1, 0.15) is 0 Å². The third-order valence-corrected chi connectivity index (χ3v) is 3.24. The fourth-order valence-corrected chi connectivity index (χ4v) is 2.00. The summed E-state index contributed by atoms with van der Waals surface area (Å²) in [7, 11) is 0. The van der Waals surface area contributed by atoms with Crippen LogP contribution in [-0.4, -0.2) is 15.0 Å².